The van der Waals surface area contributed by atoms with Crippen molar-refractivity contribution in [1.29, 1.82) is 0 Å². The van der Waals surface area contributed by atoms with Gasteiger partial charge in [-0.05, 0) is 275 Å². The smallest absolute Gasteiger partial charge is 0.0618 e. The van der Waals surface area contributed by atoms with Gasteiger partial charge in [0, 0.05) is 38.0 Å². The van der Waals surface area contributed by atoms with Crippen LogP contribution in [0.2, 0.25) is 0 Å². The summed E-state index contributed by atoms with van der Waals surface area (Å²) in [6.45, 7) is 45.5. The molecule has 0 radical (unpaired) electrons. The Kier molecular flexibility index (Phi) is 19.1. The molecular weight excluding hydrogens is 1430 g/mol. The minimum atomic E-state index is 0.0620. The van der Waals surface area contributed by atoms with Crippen molar-refractivity contribution < 1.29 is 0 Å². The molecule has 0 spiro atoms. The Balaban J connectivity index is 0.000000144. The van der Waals surface area contributed by atoms with Crippen molar-refractivity contribution >= 4 is 152 Å². The quantitative estimate of drug-likeness (QED) is 0.126. The van der Waals surface area contributed by atoms with Crippen LogP contribution < -0.4 is 10.2 Å². The van der Waals surface area contributed by atoms with Crippen molar-refractivity contribution in [2.75, 3.05) is 10.2 Å². The van der Waals surface area contributed by atoms with Crippen LogP contribution in [-0.2, 0) is 32.5 Å². The predicted octanol–water partition coefficient (Wildman–Crippen LogP) is 33.2. The molecule has 0 aliphatic heterocycles. The van der Waals surface area contributed by atoms with E-state index in [1.54, 1.807) is 0 Å². The van der Waals surface area contributed by atoms with E-state index in [-0.39, 0.29) is 32.5 Å². The number of hydrogen-bond donors (Lipinski definition) is 1. The Morgan fingerprint density at radius 2 is 0.496 bits per heavy atom. The molecule has 0 heterocycles. The molecule has 1 N–H and O–H groups in total. The zero-order chi connectivity index (χ0) is 79.8. The van der Waals surface area contributed by atoms with E-state index in [1.807, 2.05) is 0 Å². The minimum Gasteiger partial charge on any atom is -0.356 e. The average Bonchev–Trinajstić information content (AvgIpc) is 0.711. The normalized spacial score (nSPS) is 12.6. The van der Waals surface area contributed by atoms with Crippen molar-refractivity contribution in [3.63, 3.8) is 0 Å². The summed E-state index contributed by atoms with van der Waals surface area (Å²) < 4.78 is 1.17. The first-order valence-corrected chi connectivity index (χ1v) is 41.4. The van der Waals surface area contributed by atoms with Gasteiger partial charge in [-0.15, -0.1) is 0 Å². The molecular formula is C110H107BrN2. The number of anilines is 5. The van der Waals surface area contributed by atoms with E-state index in [4.69, 9.17) is 0 Å². The van der Waals surface area contributed by atoms with Gasteiger partial charge in [0.1, 0.15) is 0 Å². The molecule has 564 valence electrons. The summed E-state index contributed by atoms with van der Waals surface area (Å²) in [6, 6.07) is 105. The number of benzene rings is 18. The summed E-state index contributed by atoms with van der Waals surface area (Å²) in [4.78, 5) is 2.50. The number of fused-ring (bicyclic) bond motifs is 4. The lowest BCUT2D eigenvalue weighted by Crippen LogP contribution is -2.15. The molecule has 3 heteroatoms. The van der Waals surface area contributed by atoms with Crippen molar-refractivity contribution in [1.82, 2.24) is 0 Å². The van der Waals surface area contributed by atoms with Gasteiger partial charge in [-0.1, -0.05) is 355 Å². The van der Waals surface area contributed by atoms with E-state index in [1.165, 1.54) is 185 Å². The first kappa shape index (κ1) is 76.2. The monoisotopic (exact) mass is 1530 g/mol. The van der Waals surface area contributed by atoms with Crippen LogP contribution in [-0.4, -0.2) is 0 Å². The van der Waals surface area contributed by atoms with Crippen LogP contribution in [0.4, 0.5) is 28.4 Å². The lowest BCUT2D eigenvalue weighted by Gasteiger charge is -2.31. The summed E-state index contributed by atoms with van der Waals surface area (Å²) in [6.07, 6.45) is 0. The molecule has 113 heavy (non-hydrogen) atoms. The van der Waals surface area contributed by atoms with Crippen LogP contribution in [0.25, 0.3) is 130 Å². The maximum atomic E-state index is 3.93. The van der Waals surface area contributed by atoms with Gasteiger partial charge in [0.25, 0.3) is 0 Å². The van der Waals surface area contributed by atoms with Crippen LogP contribution in [0.15, 0.2) is 284 Å². The topological polar surface area (TPSA) is 15.3 Å². The Morgan fingerprint density at radius 1 is 0.239 bits per heavy atom. The third-order valence-electron chi connectivity index (χ3n) is 23.9. The standard InChI is InChI=1S/C55H53N.C35H27Br.C20H27N/c1-34-31-48(45-30-20-36-33-39(55(8,9)10)32-35-19-29-42(34)51(45)49(35)36)50-43-15-11-13-17-46(43)52(47-18-14-12-16-44(47)50)56(40-25-21-37(22-26-40)53(2,3)4)41-27-23-38(24-28-41)54(5,6)7;1-20-17-30(32-25-9-5-7-11-28(25)34(36)29-12-8-6-10-26(29)32)27-16-14-22-19-23(35(2,3)4)18-21-13-15-24(20)33(27)31(21)22;1-19(2,3)15-7-11-17(12-8-15)21-18-13-9-16(10-14-18)20(4,5)6/h11-33H,1-10H3;5-19H,1-4H3;7-14,21H,1-6H3. The maximum absolute atomic E-state index is 3.93. The fraction of sp³-hybridized carbons (Fsp3) is 0.236. The van der Waals surface area contributed by atoms with Gasteiger partial charge in [0.15, 0.2) is 0 Å². The Labute approximate surface area is 678 Å². The summed E-state index contributed by atoms with van der Waals surface area (Å²) in [5.41, 5.74) is 22.5. The third kappa shape index (κ3) is 14.1. The number of hydrogen-bond acceptors (Lipinski definition) is 2. The number of nitrogens with zero attached hydrogens (tertiary/aromatic N) is 1. The van der Waals surface area contributed by atoms with E-state index in [2.05, 4.69) is 444 Å². The van der Waals surface area contributed by atoms with Crippen molar-refractivity contribution in [2.45, 2.75) is 171 Å². The molecule has 0 aliphatic rings. The Hall–Kier alpha value is -10.8. The zero-order valence-corrected chi connectivity index (χ0v) is 71.5. The van der Waals surface area contributed by atoms with Crippen LogP contribution in [0.5, 0.6) is 0 Å². The molecule has 0 saturated heterocycles. The molecule has 18 rings (SSSR count). The molecule has 0 amide bonds. The number of nitrogens with one attached hydrogen (secondary N) is 1. The van der Waals surface area contributed by atoms with Crippen molar-refractivity contribution in [3.05, 3.63) is 328 Å². The Morgan fingerprint density at radius 3 is 0.788 bits per heavy atom. The molecule has 18 aromatic rings. The second-order valence-corrected chi connectivity index (χ2v) is 38.9. The van der Waals surface area contributed by atoms with E-state index in [0.29, 0.717) is 0 Å². The minimum absolute atomic E-state index is 0.0620. The lowest BCUT2D eigenvalue weighted by atomic mass is 9.81. The van der Waals surface area contributed by atoms with E-state index in [0.717, 1.165) is 22.7 Å². The highest BCUT2D eigenvalue weighted by molar-refractivity contribution is 9.10. The van der Waals surface area contributed by atoms with Crippen molar-refractivity contribution in [3.8, 4) is 22.3 Å². The van der Waals surface area contributed by atoms with E-state index < -0.39 is 0 Å². The second kappa shape index (κ2) is 28.4. The van der Waals surface area contributed by atoms with Crippen LogP contribution >= 0.6 is 15.9 Å². The number of aryl methyl sites for hydroxylation is 2. The molecule has 0 unspecified atom stereocenters. The third-order valence-corrected chi connectivity index (χ3v) is 24.7. The van der Waals surface area contributed by atoms with Gasteiger partial charge in [-0.3, -0.25) is 0 Å². The maximum Gasteiger partial charge on any atom is 0.0618 e. The average molecular weight is 1540 g/mol. The van der Waals surface area contributed by atoms with Gasteiger partial charge in [-0.25, -0.2) is 0 Å². The fourth-order valence-corrected chi connectivity index (χ4v) is 18.1. The van der Waals surface area contributed by atoms with Gasteiger partial charge >= 0.3 is 0 Å². The molecule has 2 nitrogen and oxygen atoms in total. The van der Waals surface area contributed by atoms with Gasteiger partial charge in [0.2, 0.25) is 0 Å². The van der Waals surface area contributed by atoms with E-state index in [9.17, 15) is 0 Å². The van der Waals surface area contributed by atoms with Crippen LogP contribution in [0.3, 0.4) is 0 Å². The SMILES string of the molecule is CC(C)(C)c1ccc(Nc2ccc(C(C)(C)C)cc2)cc1.Cc1cc(-c2c3ccccc3c(Br)c3ccccc23)c2ccc3cc(C(C)(C)C)cc4ccc1c2c43.Cc1cc(-c2c3ccccc3c(N(c3ccc(C(C)(C)C)cc3)c3ccc(C(C)(C)C)cc3)c3ccccc23)c2ccc3cc(C(C)(C)C)cc4ccc1c2c43. The highest BCUT2D eigenvalue weighted by Gasteiger charge is 2.29. The predicted molar refractivity (Wildman–Crippen MR) is 501 cm³/mol. The van der Waals surface area contributed by atoms with Crippen molar-refractivity contribution in [2.24, 2.45) is 0 Å². The molecule has 0 aliphatic carbocycles. The number of halogens is 1. The fourth-order valence-electron chi connectivity index (χ4n) is 17.4. The molecule has 0 aromatic heterocycles. The molecule has 18 aromatic carbocycles. The highest BCUT2D eigenvalue weighted by atomic mass is 79.9. The first-order chi connectivity index (χ1) is 53.6. The Bertz CT molecular complexity index is 6410. The highest BCUT2D eigenvalue weighted by Crippen LogP contribution is 2.53. The van der Waals surface area contributed by atoms with Gasteiger partial charge in [-0.2, -0.15) is 0 Å². The summed E-state index contributed by atoms with van der Waals surface area (Å²) >= 11 is 3.93. The zero-order valence-electron chi connectivity index (χ0n) is 69.9. The molecule has 0 fully saturated rings. The van der Waals surface area contributed by atoms with Gasteiger partial charge in [0.05, 0.1) is 5.69 Å². The molecule has 0 atom stereocenters. The van der Waals surface area contributed by atoms with E-state index >= 15 is 0 Å². The van der Waals surface area contributed by atoms with Crippen LogP contribution in [0.1, 0.15) is 169 Å². The number of rotatable bonds is 7. The lowest BCUT2D eigenvalue weighted by molar-refractivity contribution is 0.590. The largest absolute Gasteiger partial charge is 0.356 e. The van der Waals surface area contributed by atoms with Crippen LogP contribution in [0, 0.1) is 13.8 Å². The second-order valence-electron chi connectivity index (χ2n) is 38.1. The molecule has 0 saturated carbocycles. The molecule has 0 bridgehead atoms. The van der Waals surface area contributed by atoms with Gasteiger partial charge < -0.3 is 10.2 Å². The summed E-state index contributed by atoms with van der Waals surface area (Å²) in [7, 11) is 0. The summed E-state index contributed by atoms with van der Waals surface area (Å²) in [5.74, 6) is 0. The summed E-state index contributed by atoms with van der Waals surface area (Å²) in [5, 5.41) is 29.6. The first-order valence-electron chi connectivity index (χ1n) is 40.6.